The van der Waals surface area contributed by atoms with Crippen molar-refractivity contribution in [1.29, 1.82) is 0 Å². The third-order valence-corrected chi connectivity index (χ3v) is 13.7. The zero-order valence-electron chi connectivity index (χ0n) is 48.4. The number of carbonyl (C=O) groups is 3. The first-order valence-corrected chi connectivity index (χ1v) is 31.4. The van der Waals surface area contributed by atoms with E-state index in [2.05, 4.69) is 93.7 Å². The van der Waals surface area contributed by atoms with E-state index in [1.165, 1.54) is 167 Å². The molecule has 1 unspecified atom stereocenters. The molecule has 0 bridgehead atoms. The highest BCUT2D eigenvalue weighted by Crippen LogP contribution is 2.16. The SMILES string of the molecule is CC/C=C\C/C=C\C/C=C\C/C=C\C/C=C\CCCCCCCC(=O)OC(COC(=O)CCCCCCCCCCC)COC(=O)CCCCCCCCCCCCCCC/C=C\CCCCCCCCCC. The molecule has 0 fully saturated rings. The van der Waals surface area contributed by atoms with Crippen molar-refractivity contribution < 1.29 is 28.6 Å². The van der Waals surface area contributed by atoms with E-state index in [0.717, 1.165) is 109 Å². The fourth-order valence-corrected chi connectivity index (χ4v) is 9.00. The highest BCUT2D eigenvalue weighted by Gasteiger charge is 2.19. The lowest BCUT2D eigenvalue weighted by Gasteiger charge is -2.18. The molecule has 0 heterocycles. The molecule has 0 aromatic heterocycles. The van der Waals surface area contributed by atoms with Gasteiger partial charge >= 0.3 is 17.9 Å². The van der Waals surface area contributed by atoms with Crippen LogP contribution >= 0.6 is 0 Å². The summed E-state index contributed by atoms with van der Waals surface area (Å²) in [6.07, 6.45) is 79.2. The predicted molar refractivity (Wildman–Crippen MR) is 316 cm³/mol. The summed E-state index contributed by atoms with van der Waals surface area (Å²) >= 11 is 0. The summed E-state index contributed by atoms with van der Waals surface area (Å²) in [6, 6.07) is 0. The van der Waals surface area contributed by atoms with Crippen LogP contribution in [0.1, 0.15) is 316 Å². The molecule has 1 atom stereocenters. The van der Waals surface area contributed by atoms with Gasteiger partial charge in [-0.2, -0.15) is 0 Å². The smallest absolute Gasteiger partial charge is 0.306 e. The molecule has 0 spiro atoms. The highest BCUT2D eigenvalue weighted by molar-refractivity contribution is 5.71. The lowest BCUT2D eigenvalue weighted by atomic mass is 10.0. The standard InChI is InChI=1S/C67H118O6/c1-4-7-10-13-16-19-21-23-25-27-29-31-32-33-34-36-37-39-41-43-45-48-51-54-57-60-66(69)72-63-64(62-71-65(68)59-56-53-50-47-18-15-12-9-6-3)73-67(70)61-58-55-52-49-46-44-42-40-38-35-30-28-26-24-22-20-17-14-11-8-5-2/h8,11,17,20,24,26-27,29-30,35,40,42,64H,4-7,9-10,12-16,18-19,21-23,25,28,31-34,36-39,41,43-63H2,1-3H3/b11-8-,20-17-,26-24-,29-27-,35-30-,42-40-. The van der Waals surface area contributed by atoms with Crippen LogP contribution in [0, 0.1) is 0 Å². The lowest BCUT2D eigenvalue weighted by Crippen LogP contribution is -2.30. The van der Waals surface area contributed by atoms with Crippen LogP contribution in [0.3, 0.4) is 0 Å². The molecule has 0 saturated heterocycles. The Bertz CT molecular complexity index is 1360. The summed E-state index contributed by atoms with van der Waals surface area (Å²) in [7, 11) is 0. The molecule has 0 radical (unpaired) electrons. The average molecular weight is 1020 g/mol. The Balaban J connectivity index is 4.23. The molecular formula is C67H118O6. The molecule has 0 aliphatic rings. The first kappa shape index (κ1) is 69.8. The molecule has 0 aromatic rings. The van der Waals surface area contributed by atoms with Crippen molar-refractivity contribution in [1.82, 2.24) is 0 Å². The van der Waals surface area contributed by atoms with Crippen LogP contribution in [0.25, 0.3) is 0 Å². The normalized spacial score (nSPS) is 12.5. The maximum Gasteiger partial charge on any atom is 0.306 e. The lowest BCUT2D eigenvalue weighted by molar-refractivity contribution is -0.167. The number of unbranched alkanes of at least 4 members (excludes halogenated alkanes) is 34. The summed E-state index contributed by atoms with van der Waals surface area (Å²) in [5, 5.41) is 0. The molecule has 6 heteroatoms. The van der Waals surface area contributed by atoms with Gasteiger partial charge in [0, 0.05) is 19.3 Å². The van der Waals surface area contributed by atoms with Crippen LogP contribution in [0.15, 0.2) is 72.9 Å². The molecule has 0 aliphatic heterocycles. The molecule has 0 amide bonds. The van der Waals surface area contributed by atoms with E-state index < -0.39 is 6.10 Å². The highest BCUT2D eigenvalue weighted by atomic mass is 16.6. The van der Waals surface area contributed by atoms with E-state index >= 15 is 0 Å². The van der Waals surface area contributed by atoms with Gasteiger partial charge in [0.25, 0.3) is 0 Å². The number of ether oxygens (including phenoxy) is 3. The third kappa shape index (κ3) is 59.6. The summed E-state index contributed by atoms with van der Waals surface area (Å²) in [4.78, 5) is 38.2. The van der Waals surface area contributed by atoms with Crippen molar-refractivity contribution in [2.45, 2.75) is 322 Å². The number of esters is 3. The molecular weight excluding hydrogens is 901 g/mol. The van der Waals surface area contributed by atoms with E-state index in [-0.39, 0.29) is 31.1 Å². The Morgan fingerprint density at radius 1 is 0.288 bits per heavy atom. The second kappa shape index (κ2) is 61.4. The zero-order valence-corrected chi connectivity index (χ0v) is 48.4. The first-order valence-electron chi connectivity index (χ1n) is 31.4. The van der Waals surface area contributed by atoms with E-state index in [0.29, 0.717) is 19.3 Å². The third-order valence-electron chi connectivity index (χ3n) is 13.7. The minimum atomic E-state index is -0.784. The number of hydrogen-bond donors (Lipinski definition) is 0. The van der Waals surface area contributed by atoms with E-state index in [9.17, 15) is 14.4 Å². The number of carbonyl (C=O) groups excluding carboxylic acids is 3. The number of hydrogen-bond acceptors (Lipinski definition) is 6. The molecule has 6 nitrogen and oxygen atoms in total. The van der Waals surface area contributed by atoms with Gasteiger partial charge in [0.2, 0.25) is 0 Å². The van der Waals surface area contributed by atoms with Crippen molar-refractivity contribution in [3.8, 4) is 0 Å². The Hall–Kier alpha value is -3.15. The Kier molecular flexibility index (Phi) is 58.7. The molecule has 422 valence electrons. The summed E-state index contributed by atoms with van der Waals surface area (Å²) in [5.74, 6) is -0.890. The fourth-order valence-electron chi connectivity index (χ4n) is 9.00. The predicted octanol–water partition coefficient (Wildman–Crippen LogP) is 21.3. The van der Waals surface area contributed by atoms with Gasteiger partial charge < -0.3 is 14.2 Å². The van der Waals surface area contributed by atoms with Crippen molar-refractivity contribution in [3.05, 3.63) is 72.9 Å². The first-order chi connectivity index (χ1) is 36.0. The van der Waals surface area contributed by atoms with Crippen LogP contribution in [0.5, 0.6) is 0 Å². The van der Waals surface area contributed by atoms with Crippen LogP contribution in [0.2, 0.25) is 0 Å². The van der Waals surface area contributed by atoms with Gasteiger partial charge in [-0.05, 0) is 89.9 Å². The Morgan fingerprint density at radius 3 is 0.849 bits per heavy atom. The van der Waals surface area contributed by atoms with Gasteiger partial charge in [0.1, 0.15) is 13.2 Å². The Labute approximate surface area is 453 Å². The summed E-state index contributed by atoms with van der Waals surface area (Å²) in [6.45, 7) is 6.52. The van der Waals surface area contributed by atoms with Crippen molar-refractivity contribution in [2.24, 2.45) is 0 Å². The van der Waals surface area contributed by atoms with Crippen LogP contribution in [0.4, 0.5) is 0 Å². The minimum absolute atomic E-state index is 0.0809. The fraction of sp³-hybridized carbons (Fsp3) is 0.776. The number of rotatable bonds is 57. The second-order valence-corrected chi connectivity index (χ2v) is 20.9. The van der Waals surface area contributed by atoms with Crippen molar-refractivity contribution >= 4 is 17.9 Å². The molecule has 73 heavy (non-hydrogen) atoms. The summed E-state index contributed by atoms with van der Waals surface area (Å²) in [5.41, 5.74) is 0. The van der Waals surface area contributed by atoms with Gasteiger partial charge in [0.05, 0.1) is 0 Å². The zero-order chi connectivity index (χ0) is 52.9. The van der Waals surface area contributed by atoms with E-state index in [1.54, 1.807) is 0 Å². The summed E-state index contributed by atoms with van der Waals surface area (Å²) < 4.78 is 16.9. The second-order valence-electron chi connectivity index (χ2n) is 20.9. The van der Waals surface area contributed by atoms with E-state index in [1.807, 2.05) is 0 Å². The molecule has 0 rings (SSSR count). The van der Waals surface area contributed by atoms with E-state index in [4.69, 9.17) is 14.2 Å². The van der Waals surface area contributed by atoms with Crippen molar-refractivity contribution in [2.75, 3.05) is 13.2 Å². The largest absolute Gasteiger partial charge is 0.462 e. The van der Waals surface area contributed by atoms with Crippen LogP contribution in [-0.2, 0) is 28.6 Å². The van der Waals surface area contributed by atoms with Gasteiger partial charge in [0.15, 0.2) is 6.10 Å². The Morgan fingerprint density at radius 2 is 0.534 bits per heavy atom. The molecule has 0 N–H and O–H groups in total. The maximum atomic E-state index is 12.9. The minimum Gasteiger partial charge on any atom is -0.462 e. The van der Waals surface area contributed by atoms with Crippen LogP contribution < -0.4 is 0 Å². The molecule has 0 aliphatic carbocycles. The number of allylic oxidation sites excluding steroid dienone is 12. The van der Waals surface area contributed by atoms with Gasteiger partial charge in [-0.15, -0.1) is 0 Å². The topological polar surface area (TPSA) is 78.9 Å². The van der Waals surface area contributed by atoms with Gasteiger partial charge in [-0.1, -0.05) is 280 Å². The van der Waals surface area contributed by atoms with Gasteiger partial charge in [-0.25, -0.2) is 0 Å². The molecule has 0 saturated carbocycles. The average Bonchev–Trinajstić information content (AvgIpc) is 3.39. The van der Waals surface area contributed by atoms with Crippen molar-refractivity contribution in [3.63, 3.8) is 0 Å². The van der Waals surface area contributed by atoms with Gasteiger partial charge in [-0.3, -0.25) is 14.4 Å². The maximum absolute atomic E-state index is 12.9. The molecule has 0 aromatic carbocycles. The monoisotopic (exact) mass is 1020 g/mol. The quantitative estimate of drug-likeness (QED) is 0.0261. The van der Waals surface area contributed by atoms with Crippen LogP contribution in [-0.4, -0.2) is 37.2 Å².